The molecule has 0 radical (unpaired) electrons. The number of aromatic nitrogens is 2. The SMILES string of the molecule is CO[C@@H]1C[C@H](c2nc(C)no2)N(C(=O)c2oc3ccccc3c2C)C1. The van der Waals surface area contributed by atoms with Crippen LogP contribution in [0.5, 0.6) is 0 Å². The van der Waals surface area contributed by atoms with Crippen LogP contribution in [0.25, 0.3) is 11.0 Å². The van der Waals surface area contributed by atoms with Gasteiger partial charge in [-0.3, -0.25) is 4.79 Å². The molecule has 0 spiro atoms. The predicted octanol–water partition coefficient (Wildman–Crippen LogP) is 3.03. The molecule has 0 saturated carbocycles. The highest BCUT2D eigenvalue weighted by Crippen LogP contribution is 2.35. The third kappa shape index (κ3) is 2.60. The fourth-order valence-electron chi connectivity index (χ4n) is 3.38. The summed E-state index contributed by atoms with van der Waals surface area (Å²) in [5.41, 5.74) is 1.54. The molecule has 0 aliphatic carbocycles. The lowest BCUT2D eigenvalue weighted by Gasteiger charge is -2.20. The van der Waals surface area contributed by atoms with E-state index in [4.69, 9.17) is 13.7 Å². The molecular weight excluding hydrogens is 322 g/mol. The molecule has 7 nitrogen and oxygen atoms in total. The predicted molar refractivity (Wildman–Crippen MR) is 89.2 cm³/mol. The van der Waals surface area contributed by atoms with Gasteiger partial charge in [0.05, 0.1) is 6.10 Å². The standard InChI is InChI=1S/C18H19N3O4/c1-10-13-6-4-5-7-15(13)24-16(10)18(22)21-9-12(23-3)8-14(21)17-19-11(2)20-25-17/h4-7,12,14H,8-9H2,1-3H3/t12-,14-/m1/s1. The minimum absolute atomic E-state index is 0.0779. The van der Waals surface area contributed by atoms with Crippen LogP contribution in [0.3, 0.4) is 0 Å². The van der Waals surface area contributed by atoms with Crippen molar-refractivity contribution in [2.75, 3.05) is 13.7 Å². The molecule has 2 aromatic heterocycles. The first-order chi connectivity index (χ1) is 12.1. The summed E-state index contributed by atoms with van der Waals surface area (Å²) in [5, 5.41) is 4.79. The van der Waals surface area contributed by atoms with E-state index in [1.54, 1.807) is 18.9 Å². The number of furan rings is 1. The first kappa shape index (κ1) is 15.8. The number of nitrogens with zero attached hydrogens (tertiary/aromatic N) is 3. The average Bonchev–Trinajstić information content (AvgIpc) is 3.31. The van der Waals surface area contributed by atoms with E-state index in [2.05, 4.69) is 10.1 Å². The van der Waals surface area contributed by atoms with Crippen molar-refractivity contribution in [2.45, 2.75) is 32.4 Å². The van der Waals surface area contributed by atoms with Crippen molar-refractivity contribution in [1.29, 1.82) is 0 Å². The molecule has 3 aromatic rings. The highest BCUT2D eigenvalue weighted by atomic mass is 16.5. The van der Waals surface area contributed by atoms with Crippen LogP contribution < -0.4 is 0 Å². The van der Waals surface area contributed by atoms with Gasteiger partial charge in [0.15, 0.2) is 11.6 Å². The Morgan fingerprint density at radius 3 is 2.80 bits per heavy atom. The third-order valence-electron chi connectivity index (χ3n) is 4.72. The summed E-state index contributed by atoms with van der Waals surface area (Å²) < 4.78 is 16.6. The fourth-order valence-corrected chi connectivity index (χ4v) is 3.38. The van der Waals surface area contributed by atoms with E-state index in [1.165, 1.54) is 0 Å². The summed E-state index contributed by atoms with van der Waals surface area (Å²) in [7, 11) is 1.64. The lowest BCUT2D eigenvalue weighted by atomic mass is 10.1. The Morgan fingerprint density at radius 1 is 1.32 bits per heavy atom. The molecule has 0 unspecified atom stereocenters. The third-order valence-corrected chi connectivity index (χ3v) is 4.72. The van der Waals surface area contributed by atoms with Crippen molar-refractivity contribution in [2.24, 2.45) is 0 Å². The molecule has 1 aliphatic heterocycles. The zero-order valence-corrected chi connectivity index (χ0v) is 14.4. The Kier molecular flexibility index (Phi) is 3.80. The van der Waals surface area contributed by atoms with E-state index < -0.39 is 0 Å². The molecule has 1 saturated heterocycles. The Bertz CT molecular complexity index is 929. The fraction of sp³-hybridized carbons (Fsp3) is 0.389. The molecule has 1 fully saturated rings. The number of aryl methyl sites for hydroxylation is 2. The Labute approximate surface area is 144 Å². The number of fused-ring (bicyclic) bond motifs is 1. The molecule has 25 heavy (non-hydrogen) atoms. The molecule has 1 aliphatic rings. The van der Waals surface area contributed by atoms with E-state index >= 15 is 0 Å². The summed E-state index contributed by atoms with van der Waals surface area (Å²) in [6.45, 7) is 4.11. The van der Waals surface area contributed by atoms with Gasteiger partial charge in [0.25, 0.3) is 5.91 Å². The summed E-state index contributed by atoms with van der Waals surface area (Å²) in [6, 6.07) is 7.32. The summed E-state index contributed by atoms with van der Waals surface area (Å²) in [5.74, 6) is 1.13. The second kappa shape index (κ2) is 6.00. The van der Waals surface area contributed by atoms with Gasteiger partial charge in [-0.25, -0.2) is 0 Å². The van der Waals surface area contributed by atoms with Gasteiger partial charge in [-0.15, -0.1) is 0 Å². The molecule has 0 bridgehead atoms. The lowest BCUT2D eigenvalue weighted by Crippen LogP contribution is -2.32. The number of rotatable bonds is 3. The molecular formula is C18H19N3O4. The number of likely N-dealkylation sites (tertiary alicyclic amines) is 1. The summed E-state index contributed by atoms with van der Waals surface area (Å²) >= 11 is 0. The molecule has 130 valence electrons. The topological polar surface area (TPSA) is 81.6 Å². The molecule has 1 aromatic carbocycles. The number of amides is 1. The maximum atomic E-state index is 13.2. The van der Waals surface area contributed by atoms with E-state index in [-0.39, 0.29) is 18.1 Å². The minimum atomic E-state index is -0.314. The van der Waals surface area contributed by atoms with E-state index in [9.17, 15) is 4.79 Å². The number of para-hydroxylation sites is 1. The average molecular weight is 341 g/mol. The van der Waals surface area contributed by atoms with Crippen LogP contribution in [-0.2, 0) is 4.74 Å². The van der Waals surface area contributed by atoms with Crippen LogP contribution >= 0.6 is 0 Å². The van der Waals surface area contributed by atoms with Gasteiger partial charge in [0, 0.05) is 31.0 Å². The molecule has 2 atom stereocenters. The van der Waals surface area contributed by atoms with Crippen molar-refractivity contribution in [1.82, 2.24) is 15.0 Å². The van der Waals surface area contributed by atoms with Gasteiger partial charge >= 0.3 is 0 Å². The highest BCUT2D eigenvalue weighted by Gasteiger charge is 2.41. The van der Waals surface area contributed by atoms with Crippen molar-refractivity contribution in [3.05, 3.63) is 47.3 Å². The minimum Gasteiger partial charge on any atom is -0.451 e. The van der Waals surface area contributed by atoms with Gasteiger partial charge in [0.1, 0.15) is 11.6 Å². The van der Waals surface area contributed by atoms with Crippen LogP contribution in [0.1, 0.15) is 40.3 Å². The van der Waals surface area contributed by atoms with Gasteiger partial charge in [-0.2, -0.15) is 4.98 Å². The largest absolute Gasteiger partial charge is 0.451 e. The van der Waals surface area contributed by atoms with E-state index in [0.29, 0.717) is 36.0 Å². The second-order valence-electron chi connectivity index (χ2n) is 6.30. The number of methoxy groups -OCH3 is 1. The number of carbonyl (C=O) groups is 1. The lowest BCUT2D eigenvalue weighted by molar-refractivity contribution is 0.0641. The van der Waals surface area contributed by atoms with Crippen LogP contribution in [-0.4, -0.2) is 40.7 Å². The number of hydrogen-bond donors (Lipinski definition) is 0. The number of carbonyl (C=O) groups excluding carboxylic acids is 1. The van der Waals surface area contributed by atoms with Gasteiger partial charge in [-0.1, -0.05) is 23.4 Å². The molecule has 0 N–H and O–H groups in total. The second-order valence-corrected chi connectivity index (χ2v) is 6.30. The molecule has 4 rings (SSSR count). The van der Waals surface area contributed by atoms with Crippen LogP contribution in [0.4, 0.5) is 0 Å². The quantitative estimate of drug-likeness (QED) is 0.728. The van der Waals surface area contributed by atoms with Crippen molar-refractivity contribution in [3.63, 3.8) is 0 Å². The molecule has 1 amide bonds. The van der Waals surface area contributed by atoms with E-state index in [1.807, 2.05) is 31.2 Å². The molecule has 7 heteroatoms. The normalized spacial score (nSPS) is 20.5. The Hall–Kier alpha value is -2.67. The summed E-state index contributed by atoms with van der Waals surface area (Å²) in [4.78, 5) is 19.2. The van der Waals surface area contributed by atoms with Crippen LogP contribution in [0, 0.1) is 13.8 Å². The number of benzene rings is 1. The Balaban J connectivity index is 1.72. The van der Waals surface area contributed by atoms with Crippen molar-refractivity contribution in [3.8, 4) is 0 Å². The molecule has 3 heterocycles. The maximum absolute atomic E-state index is 13.2. The van der Waals surface area contributed by atoms with Crippen LogP contribution in [0.2, 0.25) is 0 Å². The monoisotopic (exact) mass is 341 g/mol. The maximum Gasteiger partial charge on any atom is 0.290 e. The zero-order valence-electron chi connectivity index (χ0n) is 14.4. The summed E-state index contributed by atoms with van der Waals surface area (Å²) in [6.07, 6.45) is 0.536. The van der Waals surface area contributed by atoms with Crippen molar-refractivity contribution < 1.29 is 18.5 Å². The number of ether oxygens (including phenoxy) is 1. The van der Waals surface area contributed by atoms with Crippen molar-refractivity contribution >= 4 is 16.9 Å². The Morgan fingerprint density at radius 2 is 2.12 bits per heavy atom. The first-order valence-corrected chi connectivity index (χ1v) is 8.20. The number of hydrogen-bond acceptors (Lipinski definition) is 6. The first-order valence-electron chi connectivity index (χ1n) is 8.20. The van der Waals surface area contributed by atoms with Gasteiger partial charge in [-0.05, 0) is 19.9 Å². The highest BCUT2D eigenvalue weighted by molar-refractivity contribution is 5.99. The van der Waals surface area contributed by atoms with Gasteiger partial charge in [0.2, 0.25) is 5.89 Å². The zero-order chi connectivity index (χ0) is 17.6. The van der Waals surface area contributed by atoms with Crippen LogP contribution in [0.15, 0.2) is 33.2 Å². The smallest absolute Gasteiger partial charge is 0.290 e. The van der Waals surface area contributed by atoms with E-state index in [0.717, 1.165) is 10.9 Å². The van der Waals surface area contributed by atoms with Gasteiger partial charge < -0.3 is 18.6 Å².